The average molecular weight is 465 g/mol. The summed E-state index contributed by atoms with van der Waals surface area (Å²) in [5, 5.41) is 10.2. The Kier molecular flexibility index (Phi) is 8.22. The average Bonchev–Trinajstić information content (AvgIpc) is 3.41. The highest BCUT2D eigenvalue weighted by atomic mass is 16.6. The first-order valence-electron chi connectivity index (χ1n) is 12.5. The van der Waals surface area contributed by atoms with Crippen molar-refractivity contribution in [1.29, 1.82) is 0 Å². The van der Waals surface area contributed by atoms with Crippen LogP contribution < -0.4 is 0 Å². The SMILES string of the molecule is C=CCN(CCCCC)C(=O)[C@@H]1N([C@@H](CO)C(C)C)C(=O)[C@H]2[C@H](C(=O)OCC)[C@@H]3CC[C@]12O3. The molecule has 0 radical (unpaired) electrons. The summed E-state index contributed by atoms with van der Waals surface area (Å²) in [6, 6.07) is -1.42. The van der Waals surface area contributed by atoms with Gasteiger partial charge in [0.2, 0.25) is 11.8 Å². The number of hydrogen-bond donors (Lipinski definition) is 1. The number of aliphatic hydroxyl groups is 1. The van der Waals surface area contributed by atoms with Crippen LogP contribution in [-0.4, -0.2) is 82.8 Å². The molecule has 3 aliphatic rings. The number of unbranched alkanes of at least 4 members (excludes halogenated alkanes) is 2. The maximum Gasteiger partial charge on any atom is 0.312 e. The molecule has 0 aromatic heterocycles. The van der Waals surface area contributed by atoms with Gasteiger partial charge in [0.1, 0.15) is 11.6 Å². The van der Waals surface area contributed by atoms with Gasteiger partial charge in [0.05, 0.1) is 37.2 Å². The van der Waals surface area contributed by atoms with Crippen LogP contribution >= 0.6 is 0 Å². The van der Waals surface area contributed by atoms with Gasteiger partial charge in [-0.15, -0.1) is 6.58 Å². The number of carbonyl (C=O) groups is 3. The number of rotatable bonds is 12. The molecule has 3 aliphatic heterocycles. The van der Waals surface area contributed by atoms with Gasteiger partial charge in [0, 0.05) is 13.1 Å². The number of esters is 1. The third-order valence-electron chi connectivity index (χ3n) is 7.54. The summed E-state index contributed by atoms with van der Waals surface area (Å²) in [7, 11) is 0. The second kappa shape index (κ2) is 10.6. The zero-order valence-corrected chi connectivity index (χ0v) is 20.5. The van der Waals surface area contributed by atoms with Crippen molar-refractivity contribution in [2.45, 2.75) is 83.6 Å². The van der Waals surface area contributed by atoms with E-state index in [1.165, 1.54) is 0 Å². The highest BCUT2D eigenvalue weighted by Crippen LogP contribution is 2.59. The highest BCUT2D eigenvalue weighted by molar-refractivity contribution is 5.98. The minimum absolute atomic E-state index is 0.0735. The van der Waals surface area contributed by atoms with Crippen LogP contribution in [0, 0.1) is 17.8 Å². The molecule has 186 valence electrons. The second-order valence-corrected chi connectivity index (χ2v) is 9.83. The first-order valence-corrected chi connectivity index (χ1v) is 12.5. The fourth-order valence-corrected chi connectivity index (χ4v) is 6.03. The van der Waals surface area contributed by atoms with Gasteiger partial charge in [0.15, 0.2) is 0 Å². The maximum absolute atomic E-state index is 14.1. The van der Waals surface area contributed by atoms with Gasteiger partial charge in [-0.05, 0) is 32.1 Å². The Bertz CT molecular complexity index is 755. The predicted octanol–water partition coefficient (Wildman–Crippen LogP) is 2.15. The van der Waals surface area contributed by atoms with Crippen molar-refractivity contribution >= 4 is 17.8 Å². The standard InChI is InChI=1S/C25H40N2O6/c1-6-9-10-14-26(13-7-2)23(30)21-25-12-11-18(33-25)19(24(31)32-8-3)20(25)22(29)27(21)17(15-28)16(4)5/h7,16-21,28H,2,6,8-15H2,1,3-5H3/t17-,18-,19+,20+,21-,25+/m0/s1. The highest BCUT2D eigenvalue weighted by Gasteiger charge is 2.75. The van der Waals surface area contributed by atoms with E-state index in [4.69, 9.17) is 9.47 Å². The molecule has 6 atom stereocenters. The Balaban J connectivity index is 2.04. The zero-order chi connectivity index (χ0) is 24.3. The van der Waals surface area contributed by atoms with E-state index in [0.717, 1.165) is 19.3 Å². The van der Waals surface area contributed by atoms with Crippen LogP contribution in [-0.2, 0) is 23.9 Å². The molecule has 3 saturated heterocycles. The van der Waals surface area contributed by atoms with Crippen molar-refractivity contribution in [2.75, 3.05) is 26.3 Å². The van der Waals surface area contributed by atoms with E-state index in [1.54, 1.807) is 22.8 Å². The summed E-state index contributed by atoms with van der Waals surface area (Å²) in [5.41, 5.74) is -1.07. The molecule has 1 N–H and O–H groups in total. The molecule has 8 nitrogen and oxygen atoms in total. The minimum atomic E-state index is -1.07. The number of amides is 2. The monoisotopic (exact) mass is 464 g/mol. The van der Waals surface area contributed by atoms with Gasteiger partial charge in [-0.25, -0.2) is 0 Å². The van der Waals surface area contributed by atoms with Gasteiger partial charge in [-0.3, -0.25) is 14.4 Å². The number of carbonyl (C=O) groups excluding carboxylic acids is 3. The van der Waals surface area contributed by atoms with Crippen LogP contribution in [0.5, 0.6) is 0 Å². The van der Waals surface area contributed by atoms with Crippen molar-refractivity contribution in [3.63, 3.8) is 0 Å². The summed E-state index contributed by atoms with van der Waals surface area (Å²) >= 11 is 0. The Morgan fingerprint density at radius 3 is 2.67 bits per heavy atom. The molecule has 2 amide bonds. The zero-order valence-electron chi connectivity index (χ0n) is 20.5. The lowest BCUT2D eigenvalue weighted by Crippen LogP contribution is -2.59. The number of nitrogens with zero attached hydrogens (tertiary/aromatic N) is 2. The Morgan fingerprint density at radius 2 is 2.09 bits per heavy atom. The summed E-state index contributed by atoms with van der Waals surface area (Å²) in [4.78, 5) is 44.1. The summed E-state index contributed by atoms with van der Waals surface area (Å²) in [6.45, 7) is 12.4. The van der Waals surface area contributed by atoms with Gasteiger partial charge in [0.25, 0.3) is 0 Å². The molecule has 3 rings (SSSR count). The van der Waals surface area contributed by atoms with Crippen LogP contribution in [0.1, 0.15) is 59.8 Å². The molecule has 0 aromatic carbocycles. The Morgan fingerprint density at radius 1 is 1.36 bits per heavy atom. The van der Waals surface area contributed by atoms with Crippen LogP contribution in [0.15, 0.2) is 12.7 Å². The number of likely N-dealkylation sites (tertiary alicyclic amines) is 1. The second-order valence-electron chi connectivity index (χ2n) is 9.83. The minimum Gasteiger partial charge on any atom is -0.466 e. The summed E-state index contributed by atoms with van der Waals surface area (Å²) in [5.74, 6) is -2.47. The summed E-state index contributed by atoms with van der Waals surface area (Å²) in [6.07, 6.45) is 5.29. The van der Waals surface area contributed by atoms with Gasteiger partial charge < -0.3 is 24.4 Å². The molecule has 0 unspecified atom stereocenters. The number of hydrogen-bond acceptors (Lipinski definition) is 6. The number of aliphatic hydroxyl groups excluding tert-OH is 1. The first-order chi connectivity index (χ1) is 15.8. The van der Waals surface area contributed by atoms with Crippen molar-refractivity contribution in [3.8, 4) is 0 Å². The summed E-state index contributed by atoms with van der Waals surface area (Å²) < 4.78 is 11.7. The molecule has 33 heavy (non-hydrogen) atoms. The molecule has 8 heteroatoms. The van der Waals surface area contributed by atoms with Crippen molar-refractivity contribution in [2.24, 2.45) is 17.8 Å². The van der Waals surface area contributed by atoms with Crippen LogP contribution in [0.2, 0.25) is 0 Å². The van der Waals surface area contributed by atoms with Gasteiger partial charge in [-0.1, -0.05) is 39.7 Å². The van der Waals surface area contributed by atoms with E-state index in [-0.39, 0.29) is 30.9 Å². The lowest BCUT2D eigenvalue weighted by molar-refractivity contribution is -0.156. The molecule has 0 aromatic rings. The van der Waals surface area contributed by atoms with Crippen LogP contribution in [0.3, 0.4) is 0 Å². The fraction of sp³-hybridized carbons (Fsp3) is 0.800. The molecule has 0 saturated carbocycles. The Hall–Kier alpha value is -1.93. The molecule has 3 heterocycles. The van der Waals surface area contributed by atoms with Crippen LogP contribution in [0.4, 0.5) is 0 Å². The number of ether oxygens (including phenoxy) is 2. The quantitative estimate of drug-likeness (QED) is 0.270. The Labute approximate surface area is 197 Å². The largest absolute Gasteiger partial charge is 0.466 e. The molecular formula is C25H40N2O6. The van der Waals surface area contributed by atoms with E-state index < -0.39 is 41.6 Å². The normalized spacial score (nSPS) is 31.1. The van der Waals surface area contributed by atoms with Gasteiger partial charge in [-0.2, -0.15) is 0 Å². The fourth-order valence-electron chi connectivity index (χ4n) is 6.03. The van der Waals surface area contributed by atoms with E-state index in [1.807, 2.05) is 13.8 Å². The molecule has 1 spiro atoms. The lowest BCUT2D eigenvalue weighted by atomic mass is 9.70. The van der Waals surface area contributed by atoms with Crippen LogP contribution in [0.25, 0.3) is 0 Å². The van der Waals surface area contributed by atoms with Crippen molar-refractivity contribution in [1.82, 2.24) is 9.80 Å². The molecule has 3 fully saturated rings. The molecule has 2 bridgehead atoms. The molecule has 0 aliphatic carbocycles. The van der Waals surface area contributed by atoms with E-state index in [9.17, 15) is 19.5 Å². The van der Waals surface area contributed by atoms with Gasteiger partial charge >= 0.3 is 5.97 Å². The third-order valence-corrected chi connectivity index (χ3v) is 7.54. The van der Waals surface area contributed by atoms with E-state index >= 15 is 0 Å². The first kappa shape index (κ1) is 25.7. The van der Waals surface area contributed by atoms with E-state index in [2.05, 4.69) is 13.5 Å². The predicted molar refractivity (Wildman–Crippen MR) is 123 cm³/mol. The lowest BCUT2D eigenvalue weighted by Gasteiger charge is -2.40. The van der Waals surface area contributed by atoms with E-state index in [0.29, 0.717) is 25.9 Å². The third kappa shape index (κ3) is 4.32. The van der Waals surface area contributed by atoms with Crippen molar-refractivity contribution < 1.29 is 29.0 Å². The van der Waals surface area contributed by atoms with Crippen molar-refractivity contribution in [3.05, 3.63) is 12.7 Å². The maximum atomic E-state index is 14.1. The topological polar surface area (TPSA) is 96.4 Å². The number of fused-ring (bicyclic) bond motifs is 1. The molecular weight excluding hydrogens is 424 g/mol. The smallest absolute Gasteiger partial charge is 0.312 e.